The molecule has 0 spiro atoms. The number of unbranched alkanes of at least 4 members (excludes halogenated alkanes) is 1. The Bertz CT molecular complexity index is 278. The molecule has 0 amide bonds. The zero-order valence-electron chi connectivity index (χ0n) is 7.59. The highest BCUT2D eigenvalue weighted by Gasteiger charge is 2.01. The molecule has 4 heteroatoms. The fraction of sp³-hybridized carbons (Fsp3) is 0.444. The highest BCUT2D eigenvalue weighted by atomic mass is 35.5. The molecule has 1 heterocycles. The average Bonchev–Trinajstić information content (AvgIpc) is 2.11. The van der Waals surface area contributed by atoms with Crippen molar-refractivity contribution in [1.29, 1.82) is 0 Å². The van der Waals surface area contributed by atoms with E-state index < -0.39 is 0 Å². The summed E-state index contributed by atoms with van der Waals surface area (Å²) in [4.78, 5) is 4.15. The lowest BCUT2D eigenvalue weighted by molar-refractivity contribution is 0.895. The number of nitrogens with two attached hydrogens (primary N) is 1. The zero-order valence-corrected chi connectivity index (χ0v) is 9.16. The van der Waals surface area contributed by atoms with Crippen LogP contribution in [-0.4, -0.2) is 10.7 Å². The summed E-state index contributed by atoms with van der Waals surface area (Å²) < 4.78 is 0. The van der Waals surface area contributed by atoms with E-state index in [1.54, 1.807) is 23.9 Å². The Labute approximate surface area is 87.9 Å². The molecule has 72 valence electrons. The van der Waals surface area contributed by atoms with Crippen LogP contribution in [0.15, 0.2) is 17.2 Å². The van der Waals surface area contributed by atoms with Gasteiger partial charge in [0.1, 0.15) is 10.2 Å². The molecular formula is C9H13ClN2S. The minimum atomic E-state index is 0.508. The third-order valence-corrected chi connectivity index (χ3v) is 2.90. The van der Waals surface area contributed by atoms with Crippen LogP contribution in [0.5, 0.6) is 0 Å². The van der Waals surface area contributed by atoms with E-state index >= 15 is 0 Å². The summed E-state index contributed by atoms with van der Waals surface area (Å²) in [5, 5.41) is 1.36. The highest BCUT2D eigenvalue weighted by molar-refractivity contribution is 7.99. The van der Waals surface area contributed by atoms with Gasteiger partial charge in [0, 0.05) is 0 Å². The first-order chi connectivity index (χ1) is 6.24. The standard InChI is InChI=1S/C9H13ClN2S/c1-2-3-6-13-9-7(11)4-5-8(10)12-9/h4-5H,2-3,6,11H2,1H3. The summed E-state index contributed by atoms with van der Waals surface area (Å²) in [6, 6.07) is 3.50. The summed E-state index contributed by atoms with van der Waals surface area (Å²) in [6.45, 7) is 2.16. The molecule has 0 fully saturated rings. The summed E-state index contributed by atoms with van der Waals surface area (Å²) >= 11 is 7.41. The second-order valence-electron chi connectivity index (χ2n) is 2.73. The van der Waals surface area contributed by atoms with Crippen molar-refractivity contribution < 1.29 is 0 Å². The molecule has 2 N–H and O–H groups in total. The molecule has 2 nitrogen and oxygen atoms in total. The average molecular weight is 217 g/mol. The molecule has 0 aromatic carbocycles. The zero-order chi connectivity index (χ0) is 9.68. The molecule has 0 atom stereocenters. The minimum absolute atomic E-state index is 0.508. The second kappa shape index (κ2) is 5.35. The van der Waals surface area contributed by atoms with Gasteiger partial charge >= 0.3 is 0 Å². The molecule has 0 aliphatic carbocycles. The number of pyridine rings is 1. The number of hydrogen-bond donors (Lipinski definition) is 1. The van der Waals surface area contributed by atoms with Gasteiger partial charge < -0.3 is 5.73 Å². The van der Waals surface area contributed by atoms with Crippen molar-refractivity contribution in [3.8, 4) is 0 Å². The van der Waals surface area contributed by atoms with Gasteiger partial charge in [-0.05, 0) is 24.3 Å². The van der Waals surface area contributed by atoms with Crippen LogP contribution >= 0.6 is 23.4 Å². The van der Waals surface area contributed by atoms with Gasteiger partial charge in [-0.15, -0.1) is 11.8 Å². The molecule has 0 saturated carbocycles. The van der Waals surface area contributed by atoms with E-state index in [9.17, 15) is 0 Å². The van der Waals surface area contributed by atoms with Crippen LogP contribution in [-0.2, 0) is 0 Å². The molecule has 1 aromatic rings. The van der Waals surface area contributed by atoms with E-state index in [1.165, 1.54) is 12.8 Å². The van der Waals surface area contributed by atoms with Crippen LogP contribution in [0.2, 0.25) is 5.15 Å². The second-order valence-corrected chi connectivity index (χ2v) is 4.20. The van der Waals surface area contributed by atoms with Crippen molar-refractivity contribution in [2.45, 2.75) is 24.8 Å². The number of thioether (sulfide) groups is 1. The van der Waals surface area contributed by atoms with Gasteiger partial charge in [0.25, 0.3) is 0 Å². The predicted octanol–water partition coefficient (Wildman–Crippen LogP) is 3.21. The van der Waals surface area contributed by atoms with Crippen molar-refractivity contribution in [2.75, 3.05) is 11.5 Å². The van der Waals surface area contributed by atoms with Crippen LogP contribution < -0.4 is 5.73 Å². The highest BCUT2D eigenvalue weighted by Crippen LogP contribution is 2.25. The number of nitrogen functional groups attached to an aromatic ring is 1. The van der Waals surface area contributed by atoms with E-state index in [4.69, 9.17) is 17.3 Å². The Kier molecular flexibility index (Phi) is 4.39. The van der Waals surface area contributed by atoms with Crippen molar-refractivity contribution in [1.82, 2.24) is 4.98 Å². The van der Waals surface area contributed by atoms with Gasteiger partial charge in [-0.25, -0.2) is 4.98 Å². The summed E-state index contributed by atoms with van der Waals surface area (Å²) in [6.07, 6.45) is 2.37. The number of rotatable bonds is 4. The lowest BCUT2D eigenvalue weighted by Crippen LogP contribution is -1.92. The van der Waals surface area contributed by atoms with Gasteiger partial charge in [0.15, 0.2) is 0 Å². The van der Waals surface area contributed by atoms with Gasteiger partial charge in [-0.1, -0.05) is 24.9 Å². The first-order valence-electron chi connectivity index (χ1n) is 4.29. The molecule has 0 aliphatic heterocycles. The van der Waals surface area contributed by atoms with Crippen LogP contribution in [0.1, 0.15) is 19.8 Å². The van der Waals surface area contributed by atoms with E-state index in [-0.39, 0.29) is 0 Å². The monoisotopic (exact) mass is 216 g/mol. The summed E-state index contributed by atoms with van der Waals surface area (Å²) in [5.74, 6) is 1.05. The van der Waals surface area contributed by atoms with Crippen LogP contribution in [0.3, 0.4) is 0 Å². The fourth-order valence-electron chi connectivity index (χ4n) is 0.857. The number of hydrogen-bond acceptors (Lipinski definition) is 3. The normalized spacial score (nSPS) is 10.3. The molecule has 13 heavy (non-hydrogen) atoms. The Hall–Kier alpha value is -0.410. The molecule has 1 aromatic heterocycles. The smallest absolute Gasteiger partial charge is 0.130 e. The van der Waals surface area contributed by atoms with E-state index in [0.29, 0.717) is 10.8 Å². The van der Waals surface area contributed by atoms with E-state index in [0.717, 1.165) is 10.8 Å². The maximum Gasteiger partial charge on any atom is 0.130 e. The van der Waals surface area contributed by atoms with Crippen molar-refractivity contribution in [3.05, 3.63) is 17.3 Å². The van der Waals surface area contributed by atoms with Crippen molar-refractivity contribution in [2.24, 2.45) is 0 Å². The summed E-state index contributed by atoms with van der Waals surface area (Å²) in [5.41, 5.74) is 6.44. The van der Waals surface area contributed by atoms with Gasteiger partial charge in [-0.3, -0.25) is 0 Å². The number of aromatic nitrogens is 1. The van der Waals surface area contributed by atoms with Gasteiger partial charge in [-0.2, -0.15) is 0 Å². The third kappa shape index (κ3) is 3.44. The molecule has 0 saturated heterocycles. The maximum absolute atomic E-state index is 5.75. The predicted molar refractivity (Wildman–Crippen MR) is 59.3 cm³/mol. The van der Waals surface area contributed by atoms with Crippen LogP contribution in [0.25, 0.3) is 0 Å². The Balaban J connectivity index is 2.59. The van der Waals surface area contributed by atoms with Gasteiger partial charge in [0.2, 0.25) is 0 Å². The largest absolute Gasteiger partial charge is 0.397 e. The Morgan fingerprint density at radius 2 is 2.31 bits per heavy atom. The SMILES string of the molecule is CCCCSc1nc(Cl)ccc1N. The van der Waals surface area contributed by atoms with E-state index in [2.05, 4.69) is 11.9 Å². The first-order valence-corrected chi connectivity index (χ1v) is 5.65. The molecular weight excluding hydrogens is 204 g/mol. The minimum Gasteiger partial charge on any atom is -0.397 e. The lowest BCUT2D eigenvalue weighted by atomic mass is 10.4. The van der Waals surface area contributed by atoms with Gasteiger partial charge in [0.05, 0.1) is 5.69 Å². The molecule has 0 unspecified atom stereocenters. The Morgan fingerprint density at radius 3 is 3.00 bits per heavy atom. The topological polar surface area (TPSA) is 38.9 Å². The lowest BCUT2D eigenvalue weighted by Gasteiger charge is -2.03. The molecule has 0 bridgehead atoms. The Morgan fingerprint density at radius 1 is 1.54 bits per heavy atom. The van der Waals surface area contributed by atoms with E-state index in [1.807, 2.05) is 0 Å². The maximum atomic E-state index is 5.75. The molecule has 0 radical (unpaired) electrons. The number of nitrogens with zero attached hydrogens (tertiary/aromatic N) is 1. The van der Waals surface area contributed by atoms with Crippen molar-refractivity contribution in [3.63, 3.8) is 0 Å². The summed E-state index contributed by atoms with van der Waals surface area (Å²) in [7, 11) is 0. The van der Waals surface area contributed by atoms with Crippen LogP contribution in [0.4, 0.5) is 5.69 Å². The quantitative estimate of drug-likeness (QED) is 0.477. The van der Waals surface area contributed by atoms with Crippen molar-refractivity contribution >= 4 is 29.1 Å². The molecule has 0 aliphatic rings. The first kappa shape index (κ1) is 10.7. The number of halogens is 1. The third-order valence-electron chi connectivity index (χ3n) is 1.59. The molecule has 1 rings (SSSR count). The number of anilines is 1. The van der Waals surface area contributed by atoms with Crippen LogP contribution in [0, 0.1) is 0 Å². The fourth-order valence-corrected chi connectivity index (χ4v) is 2.08.